The lowest BCUT2D eigenvalue weighted by molar-refractivity contribution is -0.148. The van der Waals surface area contributed by atoms with E-state index >= 15 is 0 Å². The molecule has 1 N–H and O–H groups in total. The van der Waals surface area contributed by atoms with Crippen molar-refractivity contribution < 1.29 is 41.5 Å². The summed E-state index contributed by atoms with van der Waals surface area (Å²) in [5.74, 6) is 0.572. The number of nitrogens with zero attached hydrogens (tertiary/aromatic N) is 2. The molecule has 3 atom stereocenters. The van der Waals surface area contributed by atoms with Gasteiger partial charge in [-0.3, -0.25) is 19.0 Å². The van der Waals surface area contributed by atoms with Gasteiger partial charge in [-0.15, -0.1) is 0 Å². The Labute approximate surface area is 250 Å². The van der Waals surface area contributed by atoms with E-state index in [1.807, 2.05) is 18.2 Å². The topological polar surface area (TPSA) is 132 Å². The third kappa shape index (κ3) is 11.3. The van der Waals surface area contributed by atoms with Gasteiger partial charge in [0.15, 0.2) is 11.5 Å². The summed E-state index contributed by atoms with van der Waals surface area (Å²) in [6, 6.07) is 6.29. The molecule has 1 amide bonds. The van der Waals surface area contributed by atoms with Gasteiger partial charge < -0.3 is 23.8 Å². The van der Waals surface area contributed by atoms with E-state index in [-0.39, 0.29) is 37.0 Å². The molecule has 0 spiro atoms. The molecule has 238 valence electrons. The van der Waals surface area contributed by atoms with Gasteiger partial charge >= 0.3 is 5.97 Å². The number of hydrogen-bond acceptors (Lipinski definition) is 9. The van der Waals surface area contributed by atoms with E-state index in [4.69, 9.17) is 23.5 Å². The number of rotatable bonds is 17. The maximum absolute atomic E-state index is 12.5. The van der Waals surface area contributed by atoms with Gasteiger partial charge in [-0.2, -0.15) is 8.42 Å². The molecule has 12 heteroatoms. The lowest BCUT2D eigenvalue weighted by atomic mass is 9.91. The first kappa shape index (κ1) is 34.1. The summed E-state index contributed by atoms with van der Waals surface area (Å²) in [5.41, 5.74) is 1.14. The molecule has 1 saturated heterocycles. The summed E-state index contributed by atoms with van der Waals surface area (Å²) >= 11 is 0. The number of carbonyl (C=O) groups is 2. The quantitative estimate of drug-likeness (QED) is 0.158. The van der Waals surface area contributed by atoms with Crippen LogP contribution in [-0.2, 0) is 35.6 Å². The normalized spacial score (nSPS) is 21.2. The fraction of sp³-hybridized carbons (Fsp3) is 0.733. The van der Waals surface area contributed by atoms with Crippen molar-refractivity contribution in [1.29, 1.82) is 0 Å². The van der Waals surface area contributed by atoms with Crippen molar-refractivity contribution in [3.8, 4) is 11.5 Å². The standard InChI is InChI=1S/C30H48N2O9S/c1-31(18-20-42(35,36)37)29(33)11-5-4-6-12-30(34)41-24-15-17-32(22-24)25-9-7-8-10-26(25)40-19-16-23-13-14-27(38-2)28(21-23)39-3/h13-14,21,24-26H,4-12,15-20,22H2,1-3H3,(H,35,36,37)/t24-,25-,26+/m0/s1. The van der Waals surface area contributed by atoms with Crippen molar-refractivity contribution in [3.05, 3.63) is 23.8 Å². The Kier molecular flexibility index (Phi) is 13.8. The fourth-order valence-electron chi connectivity index (χ4n) is 5.74. The number of amides is 1. The number of ether oxygens (including phenoxy) is 4. The highest BCUT2D eigenvalue weighted by atomic mass is 32.2. The maximum Gasteiger partial charge on any atom is 0.306 e. The molecule has 0 unspecified atom stereocenters. The van der Waals surface area contributed by atoms with Crippen LogP contribution in [0.4, 0.5) is 0 Å². The second-order valence-corrected chi connectivity index (χ2v) is 12.8. The second-order valence-electron chi connectivity index (χ2n) is 11.3. The number of likely N-dealkylation sites (tertiary alicyclic amines) is 1. The van der Waals surface area contributed by atoms with E-state index in [2.05, 4.69) is 4.90 Å². The number of unbranched alkanes of at least 4 members (excludes halogenated alkanes) is 2. The van der Waals surface area contributed by atoms with Crippen LogP contribution in [-0.4, -0.2) is 106 Å². The van der Waals surface area contributed by atoms with E-state index in [1.54, 1.807) is 14.2 Å². The zero-order valence-electron chi connectivity index (χ0n) is 25.3. The summed E-state index contributed by atoms with van der Waals surface area (Å²) in [6.07, 6.45) is 8.68. The van der Waals surface area contributed by atoms with Gasteiger partial charge in [0.05, 0.1) is 32.7 Å². The Morgan fingerprint density at radius 2 is 1.76 bits per heavy atom. The summed E-state index contributed by atoms with van der Waals surface area (Å²) in [4.78, 5) is 28.3. The lowest BCUT2D eigenvalue weighted by Crippen LogP contribution is -2.46. The molecule has 1 aromatic rings. The SMILES string of the molecule is COc1ccc(CCO[C@@H]2CCCC[C@@H]2N2CC[C@H](OC(=O)CCCCCC(=O)N(C)CCS(=O)(=O)O)C2)cc1OC. The molecule has 1 heterocycles. The summed E-state index contributed by atoms with van der Waals surface area (Å²) in [5, 5.41) is 0. The Hall–Kier alpha value is -2.41. The molecule has 42 heavy (non-hydrogen) atoms. The number of esters is 1. The molecule has 1 aliphatic carbocycles. The van der Waals surface area contributed by atoms with Crippen molar-refractivity contribution in [2.24, 2.45) is 0 Å². The first-order valence-corrected chi connectivity index (χ1v) is 16.7. The fourth-order valence-corrected chi connectivity index (χ4v) is 6.24. The Bertz CT molecular complexity index is 1110. The molecule has 2 aliphatic rings. The Balaban J connectivity index is 1.33. The average molecular weight is 613 g/mol. The second kappa shape index (κ2) is 17.0. The molecule has 0 radical (unpaired) electrons. The number of carbonyl (C=O) groups excluding carboxylic acids is 2. The average Bonchev–Trinajstić information content (AvgIpc) is 3.43. The molecule has 1 aromatic carbocycles. The van der Waals surface area contributed by atoms with E-state index in [9.17, 15) is 18.0 Å². The smallest absolute Gasteiger partial charge is 0.306 e. The number of benzene rings is 1. The van der Waals surface area contributed by atoms with Gasteiger partial charge in [-0.1, -0.05) is 25.3 Å². The van der Waals surface area contributed by atoms with Gasteiger partial charge in [0.1, 0.15) is 6.10 Å². The zero-order chi connectivity index (χ0) is 30.5. The molecule has 1 saturated carbocycles. The summed E-state index contributed by atoms with van der Waals surface area (Å²) in [6.45, 7) is 2.21. The van der Waals surface area contributed by atoms with Gasteiger partial charge in [0, 0.05) is 45.6 Å². The summed E-state index contributed by atoms with van der Waals surface area (Å²) < 4.78 is 53.4. The minimum absolute atomic E-state index is 0.0462. The van der Waals surface area contributed by atoms with Crippen molar-refractivity contribution in [2.45, 2.75) is 88.9 Å². The predicted octanol–water partition coefficient (Wildman–Crippen LogP) is 3.49. The molecule has 2 fully saturated rings. The van der Waals surface area contributed by atoms with Crippen LogP contribution in [0.15, 0.2) is 18.2 Å². The minimum Gasteiger partial charge on any atom is -0.493 e. The van der Waals surface area contributed by atoms with Crippen LogP contribution < -0.4 is 9.47 Å². The molecule has 0 aromatic heterocycles. The van der Waals surface area contributed by atoms with Crippen LogP contribution in [0.5, 0.6) is 11.5 Å². The van der Waals surface area contributed by atoms with Gasteiger partial charge in [0.25, 0.3) is 10.1 Å². The zero-order valence-corrected chi connectivity index (χ0v) is 26.1. The predicted molar refractivity (Wildman–Crippen MR) is 158 cm³/mol. The highest BCUT2D eigenvalue weighted by Gasteiger charge is 2.36. The first-order chi connectivity index (χ1) is 20.1. The molecule has 11 nitrogen and oxygen atoms in total. The largest absolute Gasteiger partial charge is 0.493 e. The monoisotopic (exact) mass is 612 g/mol. The number of hydrogen-bond donors (Lipinski definition) is 1. The maximum atomic E-state index is 12.5. The highest BCUT2D eigenvalue weighted by Crippen LogP contribution is 2.30. The van der Waals surface area contributed by atoms with Gasteiger partial charge in [-0.05, 0) is 56.2 Å². The van der Waals surface area contributed by atoms with Gasteiger partial charge in [0.2, 0.25) is 5.91 Å². The van der Waals surface area contributed by atoms with Crippen LogP contribution in [0.2, 0.25) is 0 Å². The Morgan fingerprint density at radius 3 is 2.50 bits per heavy atom. The minimum atomic E-state index is -4.09. The van der Waals surface area contributed by atoms with E-state index < -0.39 is 15.9 Å². The van der Waals surface area contributed by atoms with Crippen LogP contribution in [0.25, 0.3) is 0 Å². The van der Waals surface area contributed by atoms with Crippen LogP contribution >= 0.6 is 0 Å². The van der Waals surface area contributed by atoms with E-state index in [0.717, 1.165) is 56.5 Å². The molecular weight excluding hydrogens is 564 g/mol. The Morgan fingerprint density at radius 1 is 1.02 bits per heavy atom. The number of methoxy groups -OCH3 is 2. The van der Waals surface area contributed by atoms with Crippen LogP contribution in [0, 0.1) is 0 Å². The van der Waals surface area contributed by atoms with E-state index in [0.29, 0.717) is 44.1 Å². The van der Waals surface area contributed by atoms with Gasteiger partial charge in [-0.25, -0.2) is 0 Å². The molecule has 1 aliphatic heterocycles. The highest BCUT2D eigenvalue weighted by molar-refractivity contribution is 7.85. The van der Waals surface area contributed by atoms with Crippen LogP contribution in [0.1, 0.15) is 69.8 Å². The van der Waals surface area contributed by atoms with Crippen molar-refractivity contribution in [2.75, 3.05) is 53.3 Å². The molecule has 0 bridgehead atoms. The lowest BCUT2D eigenvalue weighted by Gasteiger charge is -2.37. The van der Waals surface area contributed by atoms with Crippen molar-refractivity contribution in [3.63, 3.8) is 0 Å². The third-order valence-electron chi connectivity index (χ3n) is 8.16. The molecular formula is C30H48N2O9S. The van der Waals surface area contributed by atoms with Crippen LogP contribution in [0.3, 0.4) is 0 Å². The summed E-state index contributed by atoms with van der Waals surface area (Å²) in [7, 11) is 0.685. The van der Waals surface area contributed by atoms with Crippen molar-refractivity contribution >= 4 is 22.0 Å². The van der Waals surface area contributed by atoms with E-state index in [1.165, 1.54) is 18.4 Å². The van der Waals surface area contributed by atoms with Crippen molar-refractivity contribution in [1.82, 2.24) is 9.80 Å². The third-order valence-corrected chi connectivity index (χ3v) is 8.86. The first-order valence-electron chi connectivity index (χ1n) is 15.0. The molecule has 3 rings (SSSR count).